The lowest BCUT2D eigenvalue weighted by atomic mass is 9.99. The van der Waals surface area contributed by atoms with Crippen LogP contribution in [0.3, 0.4) is 0 Å². The molecule has 0 aromatic heterocycles. The first-order valence-corrected chi connectivity index (χ1v) is 6.81. The molecule has 0 bridgehead atoms. The fourth-order valence-corrected chi connectivity index (χ4v) is 2.47. The molecule has 104 valence electrons. The fourth-order valence-electron chi connectivity index (χ4n) is 2.47. The van der Waals surface area contributed by atoms with Crippen molar-refractivity contribution in [1.29, 1.82) is 0 Å². The number of nitrogens with one attached hydrogen (secondary N) is 2. The minimum absolute atomic E-state index is 0.0554. The maximum Gasteiger partial charge on any atom is 0.241 e. The molecule has 1 amide bonds. The summed E-state index contributed by atoms with van der Waals surface area (Å²) < 4.78 is 5.16. The maximum atomic E-state index is 12.2. The van der Waals surface area contributed by atoms with E-state index in [9.17, 15) is 4.79 Å². The van der Waals surface area contributed by atoms with Crippen LogP contribution in [0.25, 0.3) is 0 Å². The van der Waals surface area contributed by atoms with E-state index >= 15 is 0 Å². The third-order valence-electron chi connectivity index (χ3n) is 3.62. The van der Waals surface area contributed by atoms with E-state index in [0.717, 1.165) is 36.3 Å². The van der Waals surface area contributed by atoms with Gasteiger partial charge in [0.2, 0.25) is 5.91 Å². The average Bonchev–Trinajstić information content (AvgIpc) is 2.41. The lowest BCUT2D eigenvalue weighted by Crippen LogP contribution is -2.47. The summed E-state index contributed by atoms with van der Waals surface area (Å²) in [6.45, 7) is 4.09. The van der Waals surface area contributed by atoms with E-state index in [2.05, 4.69) is 17.6 Å². The van der Waals surface area contributed by atoms with E-state index in [0.29, 0.717) is 6.04 Å². The highest BCUT2D eigenvalue weighted by molar-refractivity contribution is 5.95. The van der Waals surface area contributed by atoms with Gasteiger partial charge in [-0.1, -0.05) is 0 Å². The molecular weight excluding hydrogens is 240 g/mol. The highest BCUT2D eigenvalue weighted by Gasteiger charge is 2.24. The van der Waals surface area contributed by atoms with Crippen LogP contribution in [0.15, 0.2) is 18.2 Å². The van der Waals surface area contributed by atoms with Gasteiger partial charge in [-0.05, 0) is 56.9 Å². The summed E-state index contributed by atoms with van der Waals surface area (Å²) in [7, 11) is 1.64. The van der Waals surface area contributed by atoms with Crippen molar-refractivity contribution in [1.82, 2.24) is 5.32 Å². The second-order valence-corrected chi connectivity index (χ2v) is 5.22. The molecule has 1 saturated heterocycles. The SMILES string of the molecule is COc1ccc(NC(=O)C2CCCC(C)N2)c(C)c1. The van der Waals surface area contributed by atoms with E-state index in [1.54, 1.807) is 7.11 Å². The number of amides is 1. The highest BCUT2D eigenvalue weighted by Crippen LogP contribution is 2.22. The number of hydrogen-bond donors (Lipinski definition) is 2. The first kappa shape index (κ1) is 13.9. The Morgan fingerprint density at radius 3 is 2.84 bits per heavy atom. The molecule has 2 N–H and O–H groups in total. The minimum Gasteiger partial charge on any atom is -0.497 e. The van der Waals surface area contributed by atoms with Gasteiger partial charge in [0, 0.05) is 11.7 Å². The van der Waals surface area contributed by atoms with Crippen LogP contribution in [0.4, 0.5) is 5.69 Å². The summed E-state index contributed by atoms with van der Waals surface area (Å²) in [6.07, 6.45) is 3.16. The van der Waals surface area contributed by atoms with E-state index in [1.165, 1.54) is 0 Å². The predicted octanol–water partition coefficient (Wildman–Crippen LogP) is 2.47. The summed E-state index contributed by atoms with van der Waals surface area (Å²) >= 11 is 0. The van der Waals surface area contributed by atoms with Crippen LogP contribution in [-0.2, 0) is 4.79 Å². The van der Waals surface area contributed by atoms with Crippen LogP contribution in [0, 0.1) is 6.92 Å². The molecule has 1 aromatic rings. The maximum absolute atomic E-state index is 12.2. The Bertz CT molecular complexity index is 459. The summed E-state index contributed by atoms with van der Waals surface area (Å²) in [4.78, 5) is 12.2. The lowest BCUT2D eigenvalue weighted by molar-refractivity contribution is -0.118. The number of rotatable bonds is 3. The van der Waals surface area contributed by atoms with E-state index in [1.807, 2.05) is 25.1 Å². The molecule has 0 spiro atoms. The van der Waals surface area contributed by atoms with Crippen molar-refractivity contribution in [3.8, 4) is 5.75 Å². The third-order valence-corrected chi connectivity index (χ3v) is 3.62. The van der Waals surface area contributed by atoms with Gasteiger partial charge in [0.25, 0.3) is 0 Å². The van der Waals surface area contributed by atoms with Crippen molar-refractivity contribution in [3.05, 3.63) is 23.8 Å². The van der Waals surface area contributed by atoms with Gasteiger partial charge in [0.1, 0.15) is 5.75 Å². The largest absolute Gasteiger partial charge is 0.497 e. The molecule has 1 aliphatic rings. The molecular formula is C15H22N2O2. The minimum atomic E-state index is -0.0785. The molecule has 2 unspecified atom stereocenters. The molecule has 2 rings (SSSR count). The Hall–Kier alpha value is -1.55. The fraction of sp³-hybridized carbons (Fsp3) is 0.533. The van der Waals surface area contributed by atoms with E-state index in [-0.39, 0.29) is 11.9 Å². The zero-order valence-corrected chi connectivity index (χ0v) is 11.8. The number of anilines is 1. The molecule has 19 heavy (non-hydrogen) atoms. The molecule has 2 atom stereocenters. The first-order valence-electron chi connectivity index (χ1n) is 6.81. The van der Waals surface area contributed by atoms with Crippen molar-refractivity contribution in [3.63, 3.8) is 0 Å². The topological polar surface area (TPSA) is 50.4 Å². The molecule has 0 radical (unpaired) electrons. The number of carbonyl (C=O) groups is 1. The van der Waals surface area contributed by atoms with Crippen molar-refractivity contribution in [2.75, 3.05) is 12.4 Å². The average molecular weight is 262 g/mol. The second-order valence-electron chi connectivity index (χ2n) is 5.22. The summed E-state index contributed by atoms with van der Waals surface area (Å²) in [5.74, 6) is 0.861. The molecule has 1 aromatic carbocycles. The number of ether oxygens (including phenoxy) is 1. The normalized spacial score (nSPS) is 22.9. The Kier molecular flexibility index (Phi) is 4.43. The van der Waals surface area contributed by atoms with E-state index < -0.39 is 0 Å². The Labute approximate surface area is 114 Å². The zero-order chi connectivity index (χ0) is 13.8. The Morgan fingerprint density at radius 1 is 1.42 bits per heavy atom. The quantitative estimate of drug-likeness (QED) is 0.880. The first-order chi connectivity index (χ1) is 9.10. The second kappa shape index (κ2) is 6.06. The van der Waals surface area contributed by atoms with Crippen LogP contribution in [0.2, 0.25) is 0 Å². The number of benzene rings is 1. The van der Waals surface area contributed by atoms with Crippen molar-refractivity contribution in [2.24, 2.45) is 0 Å². The molecule has 1 fully saturated rings. The monoisotopic (exact) mass is 262 g/mol. The molecule has 1 heterocycles. The van der Waals surface area contributed by atoms with Gasteiger partial charge in [0.05, 0.1) is 13.2 Å². The molecule has 0 aliphatic carbocycles. The standard InChI is InChI=1S/C15H22N2O2/c1-10-9-12(19-3)7-8-13(10)17-15(18)14-6-4-5-11(2)16-14/h7-9,11,14,16H,4-6H2,1-3H3,(H,17,18). The summed E-state index contributed by atoms with van der Waals surface area (Å²) in [5, 5.41) is 6.34. The van der Waals surface area contributed by atoms with Crippen LogP contribution in [0.5, 0.6) is 5.75 Å². The summed E-state index contributed by atoms with van der Waals surface area (Å²) in [5.41, 5.74) is 1.86. The molecule has 4 heteroatoms. The highest BCUT2D eigenvalue weighted by atomic mass is 16.5. The summed E-state index contributed by atoms with van der Waals surface area (Å²) in [6, 6.07) is 6.01. The smallest absolute Gasteiger partial charge is 0.241 e. The zero-order valence-electron chi connectivity index (χ0n) is 11.8. The van der Waals surface area contributed by atoms with Gasteiger partial charge in [-0.3, -0.25) is 4.79 Å². The van der Waals surface area contributed by atoms with Gasteiger partial charge in [-0.15, -0.1) is 0 Å². The number of methoxy groups -OCH3 is 1. The third kappa shape index (κ3) is 3.47. The predicted molar refractivity (Wildman–Crippen MR) is 76.6 cm³/mol. The van der Waals surface area contributed by atoms with Crippen LogP contribution < -0.4 is 15.4 Å². The van der Waals surface area contributed by atoms with Crippen molar-refractivity contribution >= 4 is 11.6 Å². The van der Waals surface area contributed by atoms with Crippen molar-refractivity contribution < 1.29 is 9.53 Å². The van der Waals surface area contributed by atoms with E-state index in [4.69, 9.17) is 4.74 Å². The van der Waals surface area contributed by atoms with Gasteiger partial charge in [-0.2, -0.15) is 0 Å². The molecule has 4 nitrogen and oxygen atoms in total. The van der Waals surface area contributed by atoms with Gasteiger partial charge in [0.15, 0.2) is 0 Å². The lowest BCUT2D eigenvalue weighted by Gasteiger charge is -2.28. The van der Waals surface area contributed by atoms with Crippen molar-refractivity contribution in [2.45, 2.75) is 45.2 Å². The number of piperidine rings is 1. The number of aryl methyl sites for hydroxylation is 1. The number of hydrogen-bond acceptors (Lipinski definition) is 3. The van der Waals surface area contributed by atoms with Crippen LogP contribution >= 0.6 is 0 Å². The van der Waals surface area contributed by atoms with Gasteiger partial charge >= 0.3 is 0 Å². The molecule has 1 aliphatic heterocycles. The Morgan fingerprint density at radius 2 is 2.21 bits per heavy atom. The van der Waals surface area contributed by atoms with Crippen LogP contribution in [0.1, 0.15) is 31.7 Å². The molecule has 0 saturated carbocycles. The van der Waals surface area contributed by atoms with Gasteiger partial charge < -0.3 is 15.4 Å². The van der Waals surface area contributed by atoms with Crippen LogP contribution in [-0.4, -0.2) is 25.1 Å². The van der Waals surface area contributed by atoms with Gasteiger partial charge in [-0.25, -0.2) is 0 Å². The number of carbonyl (C=O) groups excluding carboxylic acids is 1. The Balaban J connectivity index is 2.02.